The fourth-order valence-corrected chi connectivity index (χ4v) is 6.37. The van der Waals surface area contributed by atoms with Crippen molar-refractivity contribution in [1.29, 1.82) is 0 Å². The standard InChI is InChI=1S/C25H26F3N3O2S/c1-14-11-16(13-33-2)19-20-21(34-23(19)29-14)24(32)31(22(30-20)15-7-4-3-5-8-15)18-10-6-9-17(12-18)25(26,27)28/h6,9-12,15,22,30H,3-5,7-8,13H2,1-2H3/t22-/m0/s1. The van der Waals surface area contributed by atoms with Crippen LogP contribution in [0.15, 0.2) is 30.3 Å². The summed E-state index contributed by atoms with van der Waals surface area (Å²) in [6.07, 6.45) is 0.135. The lowest BCUT2D eigenvalue weighted by Crippen LogP contribution is -2.53. The Morgan fingerprint density at radius 1 is 1.21 bits per heavy atom. The smallest absolute Gasteiger partial charge is 0.380 e. The second kappa shape index (κ2) is 8.85. The predicted molar refractivity (Wildman–Crippen MR) is 127 cm³/mol. The van der Waals surface area contributed by atoms with Crippen LogP contribution in [0.2, 0.25) is 0 Å². The summed E-state index contributed by atoms with van der Waals surface area (Å²) in [6.45, 7) is 2.27. The van der Waals surface area contributed by atoms with E-state index in [0.717, 1.165) is 71.4 Å². The maximum absolute atomic E-state index is 13.9. The van der Waals surface area contributed by atoms with Crippen molar-refractivity contribution in [1.82, 2.24) is 4.98 Å². The molecular formula is C25H26F3N3O2S. The molecule has 0 spiro atoms. The molecular weight excluding hydrogens is 463 g/mol. The number of ether oxygens (including phenoxy) is 1. The lowest BCUT2D eigenvalue weighted by Gasteiger charge is -2.42. The first-order valence-corrected chi connectivity index (χ1v) is 12.3. The highest BCUT2D eigenvalue weighted by Gasteiger charge is 2.41. The minimum Gasteiger partial charge on any atom is -0.380 e. The molecule has 2 aliphatic rings. The van der Waals surface area contributed by atoms with Crippen LogP contribution in [0.25, 0.3) is 10.2 Å². The third-order valence-corrected chi connectivity index (χ3v) is 7.77. The minimum absolute atomic E-state index is 0.139. The fraction of sp³-hybridized carbons (Fsp3) is 0.440. The van der Waals surface area contributed by atoms with Gasteiger partial charge in [0.2, 0.25) is 0 Å². The molecule has 1 fully saturated rings. The highest BCUT2D eigenvalue weighted by Crippen LogP contribution is 2.45. The number of halogens is 3. The van der Waals surface area contributed by atoms with Gasteiger partial charge in [-0.2, -0.15) is 13.2 Å². The van der Waals surface area contributed by atoms with Crippen molar-refractivity contribution in [3.05, 3.63) is 52.0 Å². The molecule has 1 aliphatic heterocycles. The second-order valence-corrected chi connectivity index (χ2v) is 10.1. The summed E-state index contributed by atoms with van der Waals surface area (Å²) in [5, 5.41) is 4.45. The quantitative estimate of drug-likeness (QED) is 0.441. The number of rotatable bonds is 4. The van der Waals surface area contributed by atoms with E-state index in [0.29, 0.717) is 11.5 Å². The first-order valence-electron chi connectivity index (χ1n) is 11.5. The zero-order valence-electron chi connectivity index (χ0n) is 19.0. The lowest BCUT2D eigenvalue weighted by atomic mass is 9.85. The van der Waals surface area contributed by atoms with E-state index in [9.17, 15) is 18.0 Å². The number of thiophene rings is 1. The minimum atomic E-state index is -4.48. The number of alkyl halides is 3. The molecule has 0 radical (unpaired) electrons. The van der Waals surface area contributed by atoms with E-state index in [-0.39, 0.29) is 17.5 Å². The normalized spacial score (nSPS) is 19.4. The van der Waals surface area contributed by atoms with Gasteiger partial charge in [-0.25, -0.2) is 4.98 Å². The molecule has 1 aliphatic carbocycles. The van der Waals surface area contributed by atoms with Gasteiger partial charge in [-0.1, -0.05) is 25.3 Å². The molecule has 1 N–H and O–H groups in total. The zero-order chi connectivity index (χ0) is 24.0. The van der Waals surface area contributed by atoms with Gasteiger partial charge in [0.15, 0.2) is 0 Å². The predicted octanol–water partition coefficient (Wildman–Crippen LogP) is 6.75. The second-order valence-electron chi connectivity index (χ2n) is 9.05. The molecule has 1 saturated carbocycles. The Bertz CT molecular complexity index is 1230. The van der Waals surface area contributed by atoms with Gasteiger partial charge in [0.05, 0.1) is 17.9 Å². The third-order valence-electron chi connectivity index (χ3n) is 6.70. The van der Waals surface area contributed by atoms with Gasteiger partial charge in [0.25, 0.3) is 5.91 Å². The molecule has 0 saturated heterocycles. The van der Waals surface area contributed by atoms with Gasteiger partial charge in [-0.3, -0.25) is 9.69 Å². The van der Waals surface area contributed by atoms with Crippen molar-refractivity contribution in [2.45, 2.75) is 58.0 Å². The summed E-state index contributed by atoms with van der Waals surface area (Å²) in [4.78, 5) is 21.3. The zero-order valence-corrected chi connectivity index (χ0v) is 19.9. The number of aromatic nitrogens is 1. The van der Waals surface area contributed by atoms with Crippen LogP contribution in [0.3, 0.4) is 0 Å². The fourth-order valence-electron chi connectivity index (χ4n) is 5.21. The van der Waals surface area contributed by atoms with Crippen molar-refractivity contribution in [3.8, 4) is 0 Å². The van der Waals surface area contributed by atoms with Crippen molar-refractivity contribution < 1.29 is 22.7 Å². The summed E-state index contributed by atoms with van der Waals surface area (Å²) in [5.41, 5.74) is 1.99. The molecule has 1 aromatic carbocycles. The first-order chi connectivity index (χ1) is 16.3. The molecule has 1 atom stereocenters. The maximum atomic E-state index is 13.9. The van der Waals surface area contributed by atoms with Gasteiger partial charge >= 0.3 is 6.18 Å². The van der Waals surface area contributed by atoms with Crippen molar-refractivity contribution in [2.24, 2.45) is 5.92 Å². The van der Waals surface area contributed by atoms with E-state index in [4.69, 9.17) is 4.74 Å². The Labute approximate surface area is 199 Å². The molecule has 0 bridgehead atoms. The number of pyridine rings is 1. The van der Waals surface area contributed by atoms with Crippen molar-refractivity contribution in [2.75, 3.05) is 17.3 Å². The number of amides is 1. The van der Waals surface area contributed by atoms with Crippen LogP contribution in [0.1, 0.15) is 58.6 Å². The summed E-state index contributed by atoms with van der Waals surface area (Å²) in [7, 11) is 1.62. The summed E-state index contributed by atoms with van der Waals surface area (Å²) in [6, 6.07) is 7.02. The molecule has 2 aromatic heterocycles. The van der Waals surface area contributed by atoms with E-state index in [2.05, 4.69) is 10.3 Å². The Morgan fingerprint density at radius 2 is 1.97 bits per heavy atom. The number of hydrogen-bond acceptors (Lipinski definition) is 5. The van der Waals surface area contributed by atoms with Crippen molar-refractivity contribution >= 4 is 38.8 Å². The van der Waals surface area contributed by atoms with Crippen molar-refractivity contribution in [3.63, 3.8) is 0 Å². The summed E-state index contributed by atoms with van der Waals surface area (Å²) in [5.74, 6) is -0.146. The number of carbonyl (C=O) groups excluding carboxylic acids is 1. The average Bonchev–Trinajstić information content (AvgIpc) is 3.18. The molecule has 5 rings (SSSR count). The van der Waals surface area contributed by atoms with Crippen LogP contribution in [0, 0.1) is 12.8 Å². The molecule has 180 valence electrons. The van der Waals surface area contributed by atoms with E-state index >= 15 is 0 Å². The molecule has 9 heteroatoms. The first kappa shape index (κ1) is 23.1. The number of carbonyl (C=O) groups is 1. The number of nitrogens with zero attached hydrogens (tertiary/aromatic N) is 2. The Kier molecular flexibility index (Phi) is 6.02. The molecule has 34 heavy (non-hydrogen) atoms. The number of aryl methyl sites for hydroxylation is 1. The Hall–Kier alpha value is -2.65. The highest BCUT2D eigenvalue weighted by molar-refractivity contribution is 7.21. The molecule has 3 heterocycles. The number of nitrogens with one attached hydrogen (secondary N) is 1. The van der Waals surface area contributed by atoms with Crippen LogP contribution >= 0.6 is 11.3 Å². The van der Waals surface area contributed by atoms with E-state index in [1.807, 2.05) is 13.0 Å². The number of fused-ring (bicyclic) bond motifs is 3. The van der Waals surface area contributed by atoms with Gasteiger partial charge in [0, 0.05) is 23.9 Å². The molecule has 5 nitrogen and oxygen atoms in total. The number of hydrogen-bond donors (Lipinski definition) is 1. The lowest BCUT2D eigenvalue weighted by molar-refractivity contribution is -0.137. The van der Waals surface area contributed by atoms with Crippen LogP contribution < -0.4 is 10.2 Å². The van der Waals surface area contributed by atoms with Crippen LogP contribution in [-0.2, 0) is 17.5 Å². The highest BCUT2D eigenvalue weighted by atomic mass is 32.1. The topological polar surface area (TPSA) is 54.5 Å². The maximum Gasteiger partial charge on any atom is 0.416 e. The van der Waals surface area contributed by atoms with Gasteiger partial charge in [-0.05, 0) is 55.5 Å². The SMILES string of the molecule is COCc1cc(C)nc2sc3c(c12)N[C@H](C1CCCCC1)N(c1cccc(C(F)(F)F)c1)C3=O. The Morgan fingerprint density at radius 3 is 2.68 bits per heavy atom. The van der Waals surface area contributed by atoms with Crippen LogP contribution in [0.4, 0.5) is 24.5 Å². The van der Waals surface area contributed by atoms with Crippen LogP contribution in [-0.4, -0.2) is 24.2 Å². The summed E-state index contributed by atoms with van der Waals surface area (Å²) < 4.78 is 45.8. The van der Waals surface area contributed by atoms with E-state index in [1.165, 1.54) is 22.3 Å². The van der Waals surface area contributed by atoms with E-state index < -0.39 is 17.9 Å². The van der Waals surface area contributed by atoms with Gasteiger partial charge in [-0.15, -0.1) is 11.3 Å². The average molecular weight is 490 g/mol. The number of anilines is 2. The van der Waals surface area contributed by atoms with E-state index in [1.54, 1.807) is 13.2 Å². The van der Waals surface area contributed by atoms with Crippen LogP contribution in [0.5, 0.6) is 0 Å². The number of methoxy groups -OCH3 is 1. The van der Waals surface area contributed by atoms with Gasteiger partial charge in [0.1, 0.15) is 15.9 Å². The van der Waals surface area contributed by atoms with Gasteiger partial charge < -0.3 is 10.1 Å². The summed E-state index contributed by atoms with van der Waals surface area (Å²) >= 11 is 1.28. The monoisotopic (exact) mass is 489 g/mol. The molecule has 3 aromatic rings. The Balaban J connectivity index is 1.67. The largest absolute Gasteiger partial charge is 0.416 e. The molecule has 0 unspecified atom stereocenters. The number of benzene rings is 1. The third kappa shape index (κ3) is 4.05. The molecule has 1 amide bonds.